The second kappa shape index (κ2) is 9.33. The molecule has 2 amide bonds. The summed E-state index contributed by atoms with van der Waals surface area (Å²) in [5.41, 5.74) is 0.900. The van der Waals surface area contributed by atoms with Crippen LogP contribution < -0.4 is 14.4 Å². The number of hydrogen-bond acceptors (Lipinski definition) is 6. The molecule has 2 aliphatic rings. The second-order valence-electron chi connectivity index (χ2n) is 10.5. The van der Waals surface area contributed by atoms with Crippen molar-refractivity contribution in [1.29, 1.82) is 0 Å². The Morgan fingerprint density at radius 2 is 1.58 bits per heavy atom. The van der Waals surface area contributed by atoms with Gasteiger partial charge >= 0.3 is 6.09 Å². The maximum atomic E-state index is 14.6. The van der Waals surface area contributed by atoms with Crippen LogP contribution in [0.3, 0.4) is 0 Å². The molecule has 3 aromatic rings. The first-order valence-corrected chi connectivity index (χ1v) is 12.5. The van der Waals surface area contributed by atoms with E-state index in [1.807, 2.05) is 54.6 Å². The number of carbonyl (C=O) groups excluding carboxylic acids is 2. The molecule has 3 aromatic carbocycles. The Balaban J connectivity index is 1.74. The molecule has 196 valence electrons. The highest BCUT2D eigenvalue weighted by Crippen LogP contribution is 2.56. The first-order valence-electron chi connectivity index (χ1n) is 12.5. The van der Waals surface area contributed by atoms with E-state index >= 15 is 0 Å². The minimum atomic E-state index is -1.39. The quantitative estimate of drug-likeness (QED) is 0.485. The molecular weight excluding hydrogens is 482 g/mol. The number of nitrogens with zero attached hydrogens (tertiary/aromatic N) is 1. The number of amides is 2. The lowest BCUT2D eigenvalue weighted by molar-refractivity contribution is -0.124. The van der Waals surface area contributed by atoms with E-state index in [-0.39, 0.29) is 0 Å². The van der Waals surface area contributed by atoms with Gasteiger partial charge in [-0.3, -0.25) is 4.79 Å². The number of anilines is 1. The predicted molar refractivity (Wildman–Crippen MR) is 144 cm³/mol. The first-order chi connectivity index (χ1) is 18.1. The van der Waals surface area contributed by atoms with Gasteiger partial charge in [-0.25, -0.2) is 9.69 Å². The Hall–Kier alpha value is -4.10. The first kappa shape index (κ1) is 25.5. The summed E-state index contributed by atoms with van der Waals surface area (Å²) >= 11 is 0. The van der Waals surface area contributed by atoms with Crippen LogP contribution in [0.15, 0.2) is 72.8 Å². The summed E-state index contributed by atoms with van der Waals surface area (Å²) in [7, 11) is 3.09. The number of benzene rings is 3. The number of methoxy groups -OCH3 is 2. The zero-order chi connectivity index (χ0) is 27.2. The standard InChI is InChI=1S/C31H31NO6/c1-30(2,3)38-29(35)32-24-14-10-9-13-22(24)31(28(32)34,20-11-7-6-8-12-20)23-16-15-19-17-25(36-4)26(37-5)18-21(19)27(23)33/h6-18,23,27,33H,1-5H3. The van der Waals surface area contributed by atoms with Crippen LogP contribution in [0, 0.1) is 5.92 Å². The van der Waals surface area contributed by atoms with Gasteiger partial charge in [0.15, 0.2) is 11.5 Å². The molecule has 7 heteroatoms. The lowest BCUT2D eigenvalue weighted by Gasteiger charge is -2.40. The summed E-state index contributed by atoms with van der Waals surface area (Å²) < 4.78 is 16.6. The number of fused-ring (bicyclic) bond motifs is 2. The van der Waals surface area contributed by atoms with Crippen molar-refractivity contribution >= 4 is 23.8 Å². The monoisotopic (exact) mass is 513 g/mol. The van der Waals surface area contributed by atoms with Crippen LogP contribution in [-0.2, 0) is 14.9 Å². The maximum absolute atomic E-state index is 14.6. The van der Waals surface area contributed by atoms with E-state index in [1.165, 1.54) is 7.11 Å². The number of para-hydroxylation sites is 1. The zero-order valence-corrected chi connectivity index (χ0v) is 22.1. The Kier molecular flexibility index (Phi) is 6.27. The number of aliphatic hydroxyl groups is 1. The van der Waals surface area contributed by atoms with Gasteiger partial charge in [-0.05, 0) is 61.2 Å². The SMILES string of the molecule is COc1cc2c(cc1OC)C(O)C(C1(c3ccccc3)C(=O)N(C(=O)OC(C)(C)C)c3ccccc31)C=C2. The minimum absolute atomic E-state index is 0.439. The average molecular weight is 514 g/mol. The zero-order valence-electron chi connectivity index (χ0n) is 22.1. The number of carbonyl (C=O) groups is 2. The van der Waals surface area contributed by atoms with Gasteiger partial charge in [-0.2, -0.15) is 0 Å². The highest BCUT2D eigenvalue weighted by atomic mass is 16.6. The van der Waals surface area contributed by atoms with E-state index in [2.05, 4.69) is 0 Å². The van der Waals surface area contributed by atoms with Crippen molar-refractivity contribution in [3.05, 3.63) is 95.1 Å². The van der Waals surface area contributed by atoms with Crippen molar-refractivity contribution in [3.63, 3.8) is 0 Å². The lowest BCUT2D eigenvalue weighted by atomic mass is 9.62. The van der Waals surface area contributed by atoms with Gasteiger partial charge in [0.1, 0.15) is 11.0 Å². The van der Waals surface area contributed by atoms with E-state index in [9.17, 15) is 14.7 Å². The van der Waals surface area contributed by atoms with Gasteiger partial charge in [0, 0.05) is 5.92 Å². The normalized spacial score (nSPS) is 22.1. The van der Waals surface area contributed by atoms with Crippen molar-refractivity contribution in [2.75, 3.05) is 19.1 Å². The summed E-state index contributed by atoms with van der Waals surface area (Å²) in [6.07, 6.45) is 1.88. The molecule has 0 bridgehead atoms. The molecular formula is C31H31NO6. The molecule has 1 aliphatic heterocycles. The number of rotatable bonds is 4. The molecule has 3 unspecified atom stereocenters. The Bertz CT molecular complexity index is 1420. The Morgan fingerprint density at radius 1 is 0.947 bits per heavy atom. The van der Waals surface area contributed by atoms with Gasteiger partial charge in [-0.15, -0.1) is 0 Å². The number of aliphatic hydroxyl groups excluding tert-OH is 1. The summed E-state index contributed by atoms with van der Waals surface area (Å²) in [6, 6.07) is 20.0. The number of ether oxygens (including phenoxy) is 3. The average Bonchev–Trinajstić information content (AvgIpc) is 3.16. The fraction of sp³-hybridized carbons (Fsp3) is 0.290. The molecule has 38 heavy (non-hydrogen) atoms. The van der Waals surface area contributed by atoms with Gasteiger partial charge in [0.25, 0.3) is 5.91 Å². The summed E-state index contributed by atoms with van der Waals surface area (Å²) in [4.78, 5) is 29.2. The number of imide groups is 1. The summed E-state index contributed by atoms with van der Waals surface area (Å²) in [6.45, 7) is 5.27. The topological polar surface area (TPSA) is 85.3 Å². The molecule has 0 fully saturated rings. The van der Waals surface area contributed by atoms with Crippen molar-refractivity contribution in [3.8, 4) is 11.5 Å². The van der Waals surface area contributed by atoms with E-state index in [0.29, 0.717) is 33.9 Å². The van der Waals surface area contributed by atoms with Gasteiger partial charge < -0.3 is 19.3 Å². The molecule has 1 N–H and O–H groups in total. The second-order valence-corrected chi connectivity index (χ2v) is 10.5. The summed E-state index contributed by atoms with van der Waals surface area (Å²) in [5, 5.41) is 11.9. The third-order valence-corrected chi connectivity index (χ3v) is 7.15. The van der Waals surface area contributed by atoms with Crippen LogP contribution in [0.25, 0.3) is 6.08 Å². The molecule has 0 radical (unpaired) electrons. The molecule has 1 aliphatic carbocycles. The van der Waals surface area contributed by atoms with E-state index in [1.54, 1.807) is 52.1 Å². The van der Waals surface area contributed by atoms with Crippen LogP contribution >= 0.6 is 0 Å². The molecule has 1 heterocycles. The molecule has 7 nitrogen and oxygen atoms in total. The van der Waals surface area contributed by atoms with Gasteiger partial charge in [0.2, 0.25) is 0 Å². The molecule has 0 aromatic heterocycles. The highest BCUT2D eigenvalue weighted by molar-refractivity contribution is 6.22. The van der Waals surface area contributed by atoms with Crippen molar-refractivity contribution in [2.24, 2.45) is 5.92 Å². The smallest absolute Gasteiger partial charge is 0.421 e. The van der Waals surface area contributed by atoms with Crippen molar-refractivity contribution in [2.45, 2.75) is 37.9 Å². The van der Waals surface area contributed by atoms with Crippen molar-refractivity contribution < 1.29 is 28.9 Å². The third-order valence-electron chi connectivity index (χ3n) is 7.15. The maximum Gasteiger partial charge on any atom is 0.421 e. The van der Waals surface area contributed by atoms with Crippen LogP contribution in [0.1, 0.15) is 49.1 Å². The van der Waals surface area contributed by atoms with Crippen LogP contribution in [0.4, 0.5) is 10.5 Å². The van der Waals surface area contributed by atoms with Gasteiger partial charge in [-0.1, -0.05) is 60.7 Å². The minimum Gasteiger partial charge on any atom is -0.493 e. The Morgan fingerprint density at radius 3 is 2.24 bits per heavy atom. The Labute approximate surface area is 222 Å². The van der Waals surface area contributed by atoms with Crippen LogP contribution in [0.2, 0.25) is 0 Å². The van der Waals surface area contributed by atoms with Crippen LogP contribution in [-0.4, -0.2) is 36.9 Å². The molecule has 0 saturated heterocycles. The largest absolute Gasteiger partial charge is 0.493 e. The van der Waals surface area contributed by atoms with E-state index in [4.69, 9.17) is 14.2 Å². The highest BCUT2D eigenvalue weighted by Gasteiger charge is 2.60. The molecule has 5 rings (SSSR count). The fourth-order valence-electron chi connectivity index (χ4n) is 5.58. The predicted octanol–water partition coefficient (Wildman–Crippen LogP) is 5.65. The van der Waals surface area contributed by atoms with E-state index < -0.39 is 35.0 Å². The summed E-state index contributed by atoms with van der Waals surface area (Å²) in [5.74, 6) is -0.201. The molecule has 3 atom stereocenters. The lowest BCUT2D eigenvalue weighted by Crippen LogP contribution is -2.50. The van der Waals surface area contributed by atoms with Gasteiger partial charge in [0.05, 0.1) is 26.0 Å². The van der Waals surface area contributed by atoms with Crippen LogP contribution in [0.5, 0.6) is 11.5 Å². The number of hydrogen-bond donors (Lipinski definition) is 1. The van der Waals surface area contributed by atoms with E-state index in [0.717, 1.165) is 10.5 Å². The van der Waals surface area contributed by atoms with Crippen molar-refractivity contribution in [1.82, 2.24) is 0 Å². The molecule has 0 saturated carbocycles. The third kappa shape index (κ3) is 3.85. The molecule has 0 spiro atoms. The fourth-order valence-corrected chi connectivity index (χ4v) is 5.58.